The van der Waals surface area contributed by atoms with Crippen LogP contribution in [-0.4, -0.2) is 68.4 Å². The Bertz CT molecular complexity index is 720. The van der Waals surface area contributed by atoms with Gasteiger partial charge in [0.15, 0.2) is 0 Å². The lowest BCUT2D eigenvalue weighted by Crippen LogP contribution is -2.57. The van der Waals surface area contributed by atoms with Gasteiger partial charge in [0, 0.05) is 6.42 Å². The fourth-order valence-electron chi connectivity index (χ4n) is 2.21. The molecule has 0 aromatic heterocycles. The van der Waals surface area contributed by atoms with Crippen LogP contribution in [-0.2, 0) is 25.6 Å². The van der Waals surface area contributed by atoms with Gasteiger partial charge in [-0.2, -0.15) is 0 Å². The van der Waals surface area contributed by atoms with Crippen LogP contribution in [0, 0.1) is 0 Å². The summed E-state index contributed by atoms with van der Waals surface area (Å²) < 4.78 is 0. The lowest BCUT2D eigenvalue weighted by atomic mass is 10.0. The van der Waals surface area contributed by atoms with Crippen LogP contribution in [0.4, 0.5) is 0 Å². The first-order valence-electron chi connectivity index (χ1n) is 8.28. The Balaban J connectivity index is 3.01. The summed E-state index contributed by atoms with van der Waals surface area (Å²) in [5, 5.41) is 41.0. The lowest BCUT2D eigenvalue weighted by Gasteiger charge is -2.23. The number of carbonyl (C=O) groups excluding carboxylic acids is 2. The minimum atomic E-state index is -1.70. The van der Waals surface area contributed by atoms with Crippen molar-refractivity contribution in [3.63, 3.8) is 0 Å². The number of amides is 2. The molecule has 1 aromatic rings. The van der Waals surface area contributed by atoms with Gasteiger partial charge in [-0.3, -0.25) is 14.4 Å². The molecule has 0 saturated heterocycles. The third kappa shape index (κ3) is 7.21. The normalized spacial score (nSPS) is 15.0. The number of hydrogen-bond donors (Lipinski definition) is 7. The average molecular weight is 397 g/mol. The summed E-state index contributed by atoms with van der Waals surface area (Å²) in [5.74, 6) is -4.78. The Morgan fingerprint density at radius 3 is 2.00 bits per heavy atom. The van der Waals surface area contributed by atoms with Crippen molar-refractivity contribution in [3.05, 3.63) is 29.8 Å². The van der Waals surface area contributed by atoms with Gasteiger partial charge in [-0.05, 0) is 24.6 Å². The number of nitrogens with one attached hydrogen (secondary N) is 2. The minimum absolute atomic E-state index is 0.0164. The number of benzene rings is 1. The van der Waals surface area contributed by atoms with Crippen molar-refractivity contribution in [1.29, 1.82) is 0 Å². The summed E-state index contributed by atoms with van der Waals surface area (Å²) in [6.07, 6.45) is -2.14. The molecule has 1 aromatic carbocycles. The van der Waals surface area contributed by atoms with Crippen LogP contribution in [0.3, 0.4) is 0 Å². The van der Waals surface area contributed by atoms with E-state index < -0.39 is 54.4 Å². The van der Waals surface area contributed by atoms with Gasteiger partial charge in [-0.25, -0.2) is 4.79 Å². The van der Waals surface area contributed by atoms with Crippen LogP contribution in [0.2, 0.25) is 0 Å². The molecule has 154 valence electrons. The van der Waals surface area contributed by atoms with Crippen LogP contribution in [0.1, 0.15) is 18.9 Å². The largest absolute Gasteiger partial charge is 0.508 e. The van der Waals surface area contributed by atoms with Crippen LogP contribution < -0.4 is 16.4 Å². The van der Waals surface area contributed by atoms with Crippen molar-refractivity contribution < 1.29 is 39.6 Å². The predicted octanol–water partition coefficient (Wildman–Crippen LogP) is -1.83. The highest BCUT2D eigenvalue weighted by Gasteiger charge is 2.30. The second-order valence-corrected chi connectivity index (χ2v) is 6.20. The van der Waals surface area contributed by atoms with Crippen molar-refractivity contribution >= 4 is 23.8 Å². The molecule has 0 radical (unpaired) electrons. The van der Waals surface area contributed by atoms with Crippen molar-refractivity contribution in [2.24, 2.45) is 5.73 Å². The number of aliphatic hydroxyl groups is 1. The zero-order valence-corrected chi connectivity index (χ0v) is 15.0. The highest BCUT2D eigenvalue weighted by atomic mass is 16.4. The molecule has 0 aliphatic heterocycles. The zero-order chi connectivity index (χ0) is 21.4. The minimum Gasteiger partial charge on any atom is -0.508 e. The quantitative estimate of drug-likeness (QED) is 0.237. The van der Waals surface area contributed by atoms with Gasteiger partial charge in [0.2, 0.25) is 11.8 Å². The Kier molecular flexibility index (Phi) is 8.35. The van der Waals surface area contributed by atoms with Crippen LogP contribution >= 0.6 is 0 Å². The smallest absolute Gasteiger partial charge is 0.326 e. The number of aliphatic hydroxyl groups excluding tert-OH is 1. The number of nitrogens with two attached hydrogens (primary N) is 1. The standard InChI is InChI=1S/C17H23N3O8/c1-8(21)14(18)16(26)19-11(6-9-2-4-10(22)5-3-9)15(25)20-12(17(27)28)7-13(23)24/h2-5,8,11-12,14,21-22H,6-7,18H2,1H3,(H,19,26)(H,20,25)(H,23,24)(H,27,28). The highest BCUT2D eigenvalue weighted by Crippen LogP contribution is 2.12. The van der Waals surface area contributed by atoms with E-state index in [4.69, 9.17) is 15.9 Å². The summed E-state index contributed by atoms with van der Waals surface area (Å²) in [7, 11) is 0. The van der Waals surface area contributed by atoms with Gasteiger partial charge in [0.1, 0.15) is 23.9 Å². The molecular formula is C17H23N3O8. The maximum absolute atomic E-state index is 12.5. The monoisotopic (exact) mass is 397 g/mol. The average Bonchev–Trinajstić information content (AvgIpc) is 2.60. The molecule has 0 spiro atoms. The molecule has 0 bridgehead atoms. The van der Waals surface area contributed by atoms with Gasteiger partial charge < -0.3 is 36.8 Å². The first-order valence-corrected chi connectivity index (χ1v) is 8.28. The fourth-order valence-corrected chi connectivity index (χ4v) is 2.21. The van der Waals surface area contributed by atoms with Crippen LogP contribution in [0.5, 0.6) is 5.75 Å². The first kappa shape index (κ1) is 22.9. The number of phenols is 1. The van der Waals surface area contributed by atoms with Gasteiger partial charge in [0.25, 0.3) is 0 Å². The second-order valence-electron chi connectivity index (χ2n) is 6.20. The number of phenolic OH excluding ortho intramolecular Hbond substituents is 1. The molecule has 11 heteroatoms. The maximum Gasteiger partial charge on any atom is 0.326 e. The topological polar surface area (TPSA) is 199 Å². The number of aliphatic carboxylic acids is 2. The van der Waals surface area contributed by atoms with Crippen molar-refractivity contribution in [1.82, 2.24) is 10.6 Å². The lowest BCUT2D eigenvalue weighted by molar-refractivity contribution is -0.147. The zero-order valence-electron chi connectivity index (χ0n) is 15.0. The van der Waals surface area contributed by atoms with E-state index in [1.807, 2.05) is 0 Å². The Labute approximate surface area is 160 Å². The maximum atomic E-state index is 12.5. The number of hydrogen-bond acceptors (Lipinski definition) is 7. The van der Waals surface area contributed by atoms with E-state index in [9.17, 15) is 29.4 Å². The number of carboxylic acids is 2. The van der Waals surface area contributed by atoms with E-state index in [0.717, 1.165) is 0 Å². The molecule has 0 aliphatic carbocycles. The van der Waals surface area contributed by atoms with Crippen molar-refractivity contribution in [2.45, 2.75) is 44.0 Å². The Morgan fingerprint density at radius 1 is 1.00 bits per heavy atom. The van der Waals surface area contributed by atoms with Gasteiger partial charge in [-0.15, -0.1) is 0 Å². The Morgan fingerprint density at radius 2 is 1.54 bits per heavy atom. The number of carboxylic acid groups (broad SMARTS) is 2. The molecule has 0 fully saturated rings. The molecule has 8 N–H and O–H groups in total. The molecule has 4 atom stereocenters. The van der Waals surface area contributed by atoms with E-state index in [0.29, 0.717) is 5.56 Å². The van der Waals surface area contributed by atoms with Crippen molar-refractivity contribution in [3.8, 4) is 5.75 Å². The van der Waals surface area contributed by atoms with E-state index >= 15 is 0 Å². The summed E-state index contributed by atoms with van der Waals surface area (Å²) in [6, 6.07) is 1.37. The highest BCUT2D eigenvalue weighted by molar-refractivity contribution is 5.93. The summed E-state index contributed by atoms with van der Waals surface area (Å²) in [4.78, 5) is 46.6. The van der Waals surface area contributed by atoms with E-state index in [-0.39, 0.29) is 12.2 Å². The van der Waals surface area contributed by atoms with Crippen LogP contribution in [0.15, 0.2) is 24.3 Å². The third-order valence-electron chi connectivity index (χ3n) is 3.82. The molecule has 2 amide bonds. The molecule has 28 heavy (non-hydrogen) atoms. The third-order valence-corrected chi connectivity index (χ3v) is 3.82. The molecule has 4 unspecified atom stereocenters. The first-order chi connectivity index (χ1) is 13.0. The molecule has 1 rings (SSSR count). The second kappa shape index (κ2) is 10.2. The van der Waals surface area contributed by atoms with Gasteiger partial charge in [-0.1, -0.05) is 12.1 Å². The predicted molar refractivity (Wildman–Crippen MR) is 95.2 cm³/mol. The Hall–Kier alpha value is -3.18. The van der Waals surface area contributed by atoms with Gasteiger partial charge in [0.05, 0.1) is 12.5 Å². The number of carbonyl (C=O) groups is 4. The molecular weight excluding hydrogens is 374 g/mol. The number of aromatic hydroxyl groups is 1. The van der Waals surface area contributed by atoms with E-state index in [1.165, 1.54) is 31.2 Å². The van der Waals surface area contributed by atoms with Gasteiger partial charge >= 0.3 is 11.9 Å². The van der Waals surface area contributed by atoms with Crippen molar-refractivity contribution in [2.75, 3.05) is 0 Å². The fraction of sp³-hybridized carbons (Fsp3) is 0.412. The van der Waals surface area contributed by atoms with E-state index in [1.54, 1.807) is 0 Å². The molecule has 11 nitrogen and oxygen atoms in total. The summed E-state index contributed by atoms with van der Waals surface area (Å²) in [6.45, 7) is 1.28. The summed E-state index contributed by atoms with van der Waals surface area (Å²) >= 11 is 0. The summed E-state index contributed by atoms with van der Waals surface area (Å²) in [5.41, 5.74) is 6.06. The molecule has 0 saturated carbocycles. The molecule has 0 heterocycles. The SMILES string of the molecule is CC(O)C(N)C(=O)NC(Cc1ccc(O)cc1)C(=O)NC(CC(=O)O)C(=O)O. The van der Waals surface area contributed by atoms with Crippen LogP contribution in [0.25, 0.3) is 0 Å². The number of rotatable bonds is 10. The molecule has 0 aliphatic rings. The van der Waals surface area contributed by atoms with E-state index in [2.05, 4.69) is 10.6 Å².